The second-order valence-corrected chi connectivity index (χ2v) is 7.66. The molecule has 0 unspecified atom stereocenters. The molecule has 26 heavy (non-hydrogen) atoms. The largest absolute Gasteiger partial charge is 0.385 e. The van der Waals surface area contributed by atoms with Gasteiger partial charge >= 0.3 is 0 Å². The van der Waals surface area contributed by atoms with Crippen LogP contribution in [0.3, 0.4) is 0 Å². The van der Waals surface area contributed by atoms with Crippen LogP contribution in [0.1, 0.15) is 53.4 Å². The summed E-state index contributed by atoms with van der Waals surface area (Å²) in [5.41, 5.74) is 0. The summed E-state index contributed by atoms with van der Waals surface area (Å²) >= 11 is 0. The van der Waals surface area contributed by atoms with Crippen molar-refractivity contribution < 1.29 is 9.47 Å². The number of hydrogen-bond donors (Lipinski definition) is 1. The van der Waals surface area contributed by atoms with Crippen molar-refractivity contribution >= 4 is 5.96 Å². The Morgan fingerprint density at radius 1 is 1.12 bits per heavy atom. The van der Waals surface area contributed by atoms with Crippen molar-refractivity contribution in [2.24, 2.45) is 4.99 Å². The van der Waals surface area contributed by atoms with Crippen molar-refractivity contribution in [1.29, 1.82) is 0 Å². The number of piperidine rings is 1. The van der Waals surface area contributed by atoms with Crippen LogP contribution in [0.25, 0.3) is 0 Å². The minimum atomic E-state index is 0.381. The van der Waals surface area contributed by atoms with Crippen LogP contribution in [0.2, 0.25) is 0 Å². The zero-order valence-corrected chi connectivity index (χ0v) is 18.0. The SMILES string of the molecule is CN=C(NCCCN(C(C)C)C(C)C)N1CCC(OCCCOC)CC1. The molecule has 154 valence electrons. The van der Waals surface area contributed by atoms with Gasteiger partial charge in [-0.05, 0) is 53.4 Å². The second-order valence-electron chi connectivity index (χ2n) is 7.66. The molecule has 0 aliphatic carbocycles. The van der Waals surface area contributed by atoms with Crippen LogP contribution < -0.4 is 5.32 Å². The van der Waals surface area contributed by atoms with Crippen molar-refractivity contribution in [3.8, 4) is 0 Å². The zero-order chi connectivity index (χ0) is 19.4. The molecule has 0 saturated carbocycles. The average molecular weight is 371 g/mol. The van der Waals surface area contributed by atoms with E-state index in [4.69, 9.17) is 9.47 Å². The van der Waals surface area contributed by atoms with Gasteiger partial charge in [0.15, 0.2) is 5.96 Å². The van der Waals surface area contributed by atoms with Crippen LogP contribution in [0.5, 0.6) is 0 Å². The highest BCUT2D eigenvalue weighted by atomic mass is 16.5. The first kappa shape index (κ1) is 23.2. The standard InChI is InChI=1S/C20H42N4O2/c1-17(2)24(18(3)4)12-7-11-22-20(21-5)23-13-9-19(10-14-23)26-16-8-15-25-6/h17-19H,7-16H2,1-6H3,(H,21,22). The van der Waals surface area contributed by atoms with E-state index in [0.29, 0.717) is 18.2 Å². The Morgan fingerprint density at radius 2 is 1.77 bits per heavy atom. The molecule has 1 saturated heterocycles. The van der Waals surface area contributed by atoms with Gasteiger partial charge in [0.25, 0.3) is 0 Å². The second kappa shape index (κ2) is 13.3. The van der Waals surface area contributed by atoms with E-state index in [0.717, 1.165) is 71.0 Å². The van der Waals surface area contributed by atoms with Crippen molar-refractivity contribution in [1.82, 2.24) is 15.1 Å². The Kier molecular flexibility index (Phi) is 11.9. The van der Waals surface area contributed by atoms with E-state index in [1.807, 2.05) is 7.05 Å². The Hall–Kier alpha value is -0.850. The number of guanidine groups is 1. The fourth-order valence-corrected chi connectivity index (χ4v) is 3.59. The molecule has 0 amide bonds. The minimum absolute atomic E-state index is 0.381. The molecule has 6 heteroatoms. The lowest BCUT2D eigenvalue weighted by Gasteiger charge is -2.34. The molecule has 1 aliphatic heterocycles. The van der Waals surface area contributed by atoms with Gasteiger partial charge in [0.1, 0.15) is 0 Å². The van der Waals surface area contributed by atoms with Gasteiger partial charge in [0, 0.05) is 65.6 Å². The van der Waals surface area contributed by atoms with Gasteiger partial charge in [0.05, 0.1) is 6.10 Å². The molecule has 1 rings (SSSR count). The summed E-state index contributed by atoms with van der Waals surface area (Å²) in [5.74, 6) is 1.03. The average Bonchev–Trinajstić information content (AvgIpc) is 2.62. The van der Waals surface area contributed by atoms with Crippen LogP contribution in [0.4, 0.5) is 0 Å². The van der Waals surface area contributed by atoms with Gasteiger partial charge in [-0.2, -0.15) is 0 Å². The first-order chi connectivity index (χ1) is 12.5. The Bertz CT molecular complexity index is 372. The highest BCUT2D eigenvalue weighted by Crippen LogP contribution is 2.14. The summed E-state index contributed by atoms with van der Waals surface area (Å²) in [7, 11) is 3.62. The molecular weight excluding hydrogens is 328 g/mol. The van der Waals surface area contributed by atoms with Crippen LogP contribution in [-0.2, 0) is 9.47 Å². The zero-order valence-electron chi connectivity index (χ0n) is 18.0. The van der Waals surface area contributed by atoms with E-state index < -0.39 is 0 Å². The highest BCUT2D eigenvalue weighted by molar-refractivity contribution is 5.79. The number of rotatable bonds is 11. The van der Waals surface area contributed by atoms with Crippen LogP contribution >= 0.6 is 0 Å². The van der Waals surface area contributed by atoms with Crippen molar-refractivity contribution in [2.75, 3.05) is 53.6 Å². The van der Waals surface area contributed by atoms with Gasteiger partial charge in [0.2, 0.25) is 0 Å². The number of aliphatic imine (C=N–C) groups is 1. The molecule has 1 heterocycles. The number of nitrogens with one attached hydrogen (secondary N) is 1. The van der Waals surface area contributed by atoms with Crippen molar-refractivity contribution in [2.45, 2.75) is 71.6 Å². The van der Waals surface area contributed by atoms with Gasteiger partial charge in [-0.3, -0.25) is 9.89 Å². The lowest BCUT2D eigenvalue weighted by molar-refractivity contribution is 0.00990. The van der Waals surface area contributed by atoms with Crippen LogP contribution in [0.15, 0.2) is 4.99 Å². The van der Waals surface area contributed by atoms with Crippen LogP contribution in [-0.4, -0.2) is 87.5 Å². The molecule has 6 nitrogen and oxygen atoms in total. The third-order valence-electron chi connectivity index (χ3n) is 5.00. The molecule has 1 N–H and O–H groups in total. The molecule has 0 aromatic carbocycles. The molecular formula is C20H42N4O2. The normalized spacial score (nSPS) is 17.0. The predicted octanol–water partition coefficient (Wildman–Crippen LogP) is 2.59. The van der Waals surface area contributed by atoms with E-state index in [-0.39, 0.29) is 0 Å². The predicted molar refractivity (Wildman–Crippen MR) is 110 cm³/mol. The first-order valence-electron chi connectivity index (χ1n) is 10.3. The minimum Gasteiger partial charge on any atom is -0.385 e. The third kappa shape index (κ3) is 8.69. The molecule has 1 aliphatic rings. The molecule has 0 aromatic rings. The van der Waals surface area contributed by atoms with E-state index in [1.54, 1.807) is 7.11 Å². The monoisotopic (exact) mass is 370 g/mol. The van der Waals surface area contributed by atoms with Crippen molar-refractivity contribution in [3.63, 3.8) is 0 Å². The van der Waals surface area contributed by atoms with Crippen molar-refractivity contribution in [3.05, 3.63) is 0 Å². The first-order valence-corrected chi connectivity index (χ1v) is 10.3. The van der Waals surface area contributed by atoms with Gasteiger partial charge in [-0.15, -0.1) is 0 Å². The summed E-state index contributed by atoms with van der Waals surface area (Å²) in [6, 6.07) is 1.19. The lowest BCUT2D eigenvalue weighted by atomic mass is 10.1. The summed E-state index contributed by atoms with van der Waals surface area (Å²) in [4.78, 5) is 9.37. The smallest absolute Gasteiger partial charge is 0.193 e. The van der Waals surface area contributed by atoms with Gasteiger partial charge < -0.3 is 19.7 Å². The van der Waals surface area contributed by atoms with Crippen LogP contribution in [0, 0.1) is 0 Å². The topological polar surface area (TPSA) is 49.3 Å². The highest BCUT2D eigenvalue weighted by Gasteiger charge is 2.21. The fourth-order valence-electron chi connectivity index (χ4n) is 3.59. The Labute approximate surface area is 161 Å². The maximum absolute atomic E-state index is 5.94. The molecule has 0 bridgehead atoms. The summed E-state index contributed by atoms with van der Waals surface area (Å²) in [6.45, 7) is 14.8. The summed E-state index contributed by atoms with van der Waals surface area (Å²) in [6.07, 6.45) is 4.63. The van der Waals surface area contributed by atoms with Gasteiger partial charge in [-0.1, -0.05) is 0 Å². The Balaban J connectivity index is 2.24. The van der Waals surface area contributed by atoms with Gasteiger partial charge in [-0.25, -0.2) is 0 Å². The van der Waals surface area contributed by atoms with E-state index >= 15 is 0 Å². The fraction of sp³-hybridized carbons (Fsp3) is 0.950. The molecule has 0 aromatic heterocycles. The third-order valence-corrected chi connectivity index (χ3v) is 5.00. The van der Waals surface area contributed by atoms with E-state index in [2.05, 4.69) is 47.8 Å². The maximum atomic E-state index is 5.94. The molecule has 0 radical (unpaired) electrons. The number of ether oxygens (including phenoxy) is 2. The summed E-state index contributed by atoms with van der Waals surface area (Å²) in [5, 5.41) is 3.54. The van der Waals surface area contributed by atoms with E-state index in [9.17, 15) is 0 Å². The molecule has 0 spiro atoms. The number of hydrogen-bond acceptors (Lipinski definition) is 4. The Morgan fingerprint density at radius 3 is 2.31 bits per heavy atom. The number of nitrogens with zero attached hydrogens (tertiary/aromatic N) is 3. The van der Waals surface area contributed by atoms with E-state index in [1.165, 1.54) is 0 Å². The number of likely N-dealkylation sites (tertiary alicyclic amines) is 1. The quantitative estimate of drug-likeness (QED) is 0.344. The number of methoxy groups -OCH3 is 1. The molecule has 0 atom stereocenters. The maximum Gasteiger partial charge on any atom is 0.193 e. The lowest BCUT2D eigenvalue weighted by Crippen LogP contribution is -2.47. The summed E-state index contributed by atoms with van der Waals surface area (Å²) < 4.78 is 11.0. The molecule has 1 fully saturated rings.